The second kappa shape index (κ2) is 5.79. The third-order valence-electron chi connectivity index (χ3n) is 4.16. The van der Waals surface area contributed by atoms with Crippen LogP contribution >= 0.6 is 12.2 Å². The maximum absolute atomic E-state index is 5.73. The first-order chi connectivity index (χ1) is 11.6. The van der Waals surface area contributed by atoms with Crippen molar-refractivity contribution in [3.05, 3.63) is 53.3 Å². The molecule has 0 spiro atoms. The lowest BCUT2D eigenvalue weighted by atomic mass is 10.1. The molecule has 1 aliphatic heterocycles. The van der Waals surface area contributed by atoms with Gasteiger partial charge in [-0.3, -0.25) is 0 Å². The molecule has 1 aliphatic rings. The van der Waals surface area contributed by atoms with Crippen LogP contribution in [0.5, 0.6) is 11.5 Å². The van der Waals surface area contributed by atoms with Crippen LogP contribution < -0.4 is 15.2 Å². The number of nitrogens with two attached hydrogens (primary N) is 1. The Bertz CT molecular complexity index is 949. The number of rotatable bonds is 3. The molecule has 4 rings (SSSR count). The summed E-state index contributed by atoms with van der Waals surface area (Å²) in [7, 11) is 0. The van der Waals surface area contributed by atoms with Gasteiger partial charge in [0.25, 0.3) is 0 Å². The van der Waals surface area contributed by atoms with Crippen molar-refractivity contribution in [1.82, 2.24) is 9.55 Å². The Morgan fingerprint density at radius 1 is 1.21 bits per heavy atom. The number of fused-ring (bicyclic) bond motifs is 2. The molecule has 6 heteroatoms. The van der Waals surface area contributed by atoms with Crippen molar-refractivity contribution in [3.63, 3.8) is 0 Å². The molecule has 0 atom stereocenters. The van der Waals surface area contributed by atoms with Gasteiger partial charge in [0.1, 0.15) is 24.0 Å². The van der Waals surface area contributed by atoms with E-state index in [0.717, 1.165) is 39.5 Å². The molecule has 2 aromatic carbocycles. The number of hydrogen-bond donors (Lipinski definition) is 1. The number of aryl methyl sites for hydroxylation is 1. The van der Waals surface area contributed by atoms with Crippen molar-refractivity contribution in [1.29, 1.82) is 0 Å². The van der Waals surface area contributed by atoms with E-state index < -0.39 is 0 Å². The van der Waals surface area contributed by atoms with Crippen LogP contribution in [0.25, 0.3) is 11.0 Å². The average Bonchev–Trinajstić information content (AvgIpc) is 2.88. The van der Waals surface area contributed by atoms with E-state index in [2.05, 4.69) is 15.6 Å². The van der Waals surface area contributed by atoms with Gasteiger partial charge in [-0.1, -0.05) is 30.4 Å². The quantitative estimate of drug-likeness (QED) is 0.744. The summed E-state index contributed by atoms with van der Waals surface area (Å²) in [6.07, 6.45) is 0. The molecule has 122 valence electrons. The highest BCUT2D eigenvalue weighted by Gasteiger charge is 2.17. The highest BCUT2D eigenvalue weighted by Crippen LogP contribution is 2.34. The Labute approximate surface area is 145 Å². The van der Waals surface area contributed by atoms with Crippen molar-refractivity contribution < 1.29 is 9.47 Å². The minimum Gasteiger partial charge on any atom is -0.486 e. The van der Waals surface area contributed by atoms with E-state index in [1.54, 1.807) is 0 Å². The lowest BCUT2D eigenvalue weighted by Gasteiger charge is -2.18. The van der Waals surface area contributed by atoms with Gasteiger partial charge in [0, 0.05) is 24.2 Å². The topological polar surface area (TPSA) is 62.3 Å². The normalized spacial score (nSPS) is 13.2. The van der Waals surface area contributed by atoms with Gasteiger partial charge in [-0.05, 0) is 18.6 Å². The zero-order valence-corrected chi connectivity index (χ0v) is 14.1. The van der Waals surface area contributed by atoms with Gasteiger partial charge in [0.15, 0.2) is 11.5 Å². The van der Waals surface area contributed by atoms with E-state index in [9.17, 15) is 0 Å². The fourth-order valence-electron chi connectivity index (χ4n) is 2.99. The molecule has 2 heterocycles. The van der Waals surface area contributed by atoms with E-state index >= 15 is 0 Å². The van der Waals surface area contributed by atoms with E-state index in [-0.39, 0.29) is 0 Å². The zero-order valence-electron chi connectivity index (χ0n) is 13.3. The third kappa shape index (κ3) is 2.59. The average molecular weight is 339 g/mol. The molecule has 3 aromatic rings. The fourth-order valence-corrected chi connectivity index (χ4v) is 3.11. The Kier molecular flexibility index (Phi) is 3.61. The summed E-state index contributed by atoms with van der Waals surface area (Å²) in [6.45, 7) is 3.84. The Morgan fingerprint density at radius 2 is 1.96 bits per heavy atom. The van der Waals surface area contributed by atoms with Crippen LogP contribution in [-0.4, -0.2) is 27.8 Å². The van der Waals surface area contributed by atoms with Gasteiger partial charge in [0.2, 0.25) is 0 Å². The highest BCUT2D eigenvalue weighted by molar-refractivity contribution is 7.80. The maximum atomic E-state index is 5.73. The first-order valence-electron chi connectivity index (χ1n) is 7.77. The molecule has 0 aliphatic carbocycles. The van der Waals surface area contributed by atoms with Crippen LogP contribution in [0.3, 0.4) is 0 Å². The molecule has 0 saturated carbocycles. The fraction of sp³-hybridized carbons (Fsp3) is 0.222. The summed E-state index contributed by atoms with van der Waals surface area (Å²) in [6, 6.07) is 11.9. The van der Waals surface area contributed by atoms with Gasteiger partial charge in [-0.25, -0.2) is 4.98 Å². The van der Waals surface area contributed by atoms with Crippen molar-refractivity contribution in [2.45, 2.75) is 13.5 Å². The van der Waals surface area contributed by atoms with Gasteiger partial charge < -0.3 is 19.8 Å². The van der Waals surface area contributed by atoms with Crippen molar-refractivity contribution in [2.24, 2.45) is 5.73 Å². The highest BCUT2D eigenvalue weighted by atomic mass is 32.1. The predicted octanol–water partition coefficient (Wildman–Crippen LogP) is 2.80. The first-order valence-corrected chi connectivity index (χ1v) is 8.18. The number of nitrogens with zero attached hydrogens (tertiary/aromatic N) is 2. The van der Waals surface area contributed by atoms with Crippen LogP contribution in [0.1, 0.15) is 17.0 Å². The molecule has 0 amide bonds. The second-order valence-corrected chi connectivity index (χ2v) is 6.23. The van der Waals surface area contributed by atoms with Gasteiger partial charge >= 0.3 is 0 Å². The summed E-state index contributed by atoms with van der Waals surface area (Å²) in [5.41, 5.74) is 9.66. The van der Waals surface area contributed by atoms with Crippen LogP contribution in [0.2, 0.25) is 0 Å². The summed E-state index contributed by atoms with van der Waals surface area (Å²) in [4.78, 5) is 5.06. The molecule has 24 heavy (non-hydrogen) atoms. The number of imidazole rings is 1. The zero-order chi connectivity index (χ0) is 16.7. The minimum absolute atomic E-state index is 0.406. The number of benzene rings is 2. The lowest BCUT2D eigenvalue weighted by Crippen LogP contribution is -2.15. The van der Waals surface area contributed by atoms with Crippen LogP contribution in [-0.2, 0) is 6.54 Å². The van der Waals surface area contributed by atoms with E-state index in [1.807, 2.05) is 37.3 Å². The van der Waals surface area contributed by atoms with Gasteiger partial charge in [-0.15, -0.1) is 0 Å². The van der Waals surface area contributed by atoms with E-state index in [1.165, 1.54) is 0 Å². The van der Waals surface area contributed by atoms with Crippen LogP contribution in [0.4, 0.5) is 0 Å². The number of ether oxygens (including phenoxy) is 2. The van der Waals surface area contributed by atoms with Gasteiger partial charge in [0.05, 0.1) is 11.0 Å². The van der Waals surface area contributed by atoms with E-state index in [4.69, 9.17) is 27.4 Å². The standard InChI is InChI=1S/C18H17N3O2S/c1-11-20-14-8-16-17(23-6-5-22-16)9-15(14)21(11)10-12-3-2-4-13(7-12)18(19)24/h2-4,7-9H,5-6,10H2,1H3,(H2,19,24). The van der Waals surface area contributed by atoms with Crippen molar-refractivity contribution >= 4 is 28.2 Å². The second-order valence-electron chi connectivity index (χ2n) is 5.79. The molecule has 5 nitrogen and oxygen atoms in total. The predicted molar refractivity (Wildman–Crippen MR) is 96.9 cm³/mol. The van der Waals surface area contributed by atoms with Crippen LogP contribution in [0, 0.1) is 6.92 Å². The van der Waals surface area contributed by atoms with Crippen LogP contribution in [0.15, 0.2) is 36.4 Å². The van der Waals surface area contributed by atoms with Crippen molar-refractivity contribution in [3.8, 4) is 11.5 Å². The number of thiocarbonyl (C=S) groups is 1. The molecular weight excluding hydrogens is 322 g/mol. The molecule has 2 N–H and O–H groups in total. The van der Waals surface area contributed by atoms with Crippen molar-refractivity contribution in [2.75, 3.05) is 13.2 Å². The molecule has 0 fully saturated rings. The number of aromatic nitrogens is 2. The maximum Gasteiger partial charge on any atom is 0.163 e. The number of hydrogen-bond acceptors (Lipinski definition) is 4. The summed E-state index contributed by atoms with van der Waals surface area (Å²) in [5, 5.41) is 0. The molecule has 1 aromatic heterocycles. The molecule has 0 radical (unpaired) electrons. The monoisotopic (exact) mass is 339 g/mol. The van der Waals surface area contributed by atoms with E-state index in [0.29, 0.717) is 24.7 Å². The Hall–Kier alpha value is -2.60. The minimum atomic E-state index is 0.406. The Balaban J connectivity index is 1.77. The molecule has 0 bridgehead atoms. The largest absolute Gasteiger partial charge is 0.486 e. The summed E-state index contributed by atoms with van der Waals surface area (Å²) < 4.78 is 13.5. The van der Waals surface area contributed by atoms with Gasteiger partial charge in [-0.2, -0.15) is 0 Å². The molecular formula is C18H17N3O2S. The molecule has 0 saturated heterocycles. The summed E-state index contributed by atoms with van der Waals surface area (Å²) in [5.74, 6) is 2.47. The lowest BCUT2D eigenvalue weighted by molar-refractivity contribution is 0.172. The summed E-state index contributed by atoms with van der Waals surface area (Å²) >= 11 is 5.07. The smallest absolute Gasteiger partial charge is 0.163 e. The SMILES string of the molecule is Cc1nc2cc3c(cc2n1Cc1cccc(C(N)=S)c1)OCCO3. The molecule has 0 unspecified atom stereocenters. The Morgan fingerprint density at radius 3 is 2.71 bits per heavy atom. The first kappa shape index (κ1) is 15.0. The third-order valence-corrected chi connectivity index (χ3v) is 4.39.